The third-order valence-electron chi connectivity index (χ3n) is 2.63. The molecule has 1 fully saturated rings. The second-order valence-corrected chi connectivity index (χ2v) is 5.69. The van der Waals surface area contributed by atoms with E-state index in [1.807, 2.05) is 0 Å². The molecule has 90 valence electrons. The molecule has 0 unspecified atom stereocenters. The molecule has 1 aromatic rings. The van der Waals surface area contributed by atoms with Crippen LogP contribution in [0.5, 0.6) is 6.01 Å². The molecule has 2 rings (SSSR count). The second kappa shape index (κ2) is 4.28. The lowest BCUT2D eigenvalue weighted by Crippen LogP contribution is -2.25. The molecule has 1 saturated carbocycles. The molecule has 0 bridgehead atoms. The van der Waals surface area contributed by atoms with Crippen molar-refractivity contribution >= 4 is 16.0 Å². The molecule has 7 nitrogen and oxygen atoms in total. The Morgan fingerprint density at radius 2 is 2.12 bits per heavy atom. The highest BCUT2D eigenvalue weighted by Gasteiger charge is 2.29. The highest BCUT2D eigenvalue weighted by atomic mass is 32.2. The van der Waals surface area contributed by atoms with Gasteiger partial charge >= 0.3 is 6.01 Å². The zero-order valence-corrected chi connectivity index (χ0v) is 9.75. The standard InChI is InChI=1S/C8H14N4O3S/c1-15-8-9-7(10-11-8)12-16(13,14)6-4-2-3-5-6/h6H,2-5H2,1H3,(H2,9,10,11,12). The van der Waals surface area contributed by atoms with E-state index >= 15 is 0 Å². The van der Waals surface area contributed by atoms with Gasteiger partial charge in [0, 0.05) is 0 Å². The minimum absolute atomic E-state index is 0.101. The fourth-order valence-electron chi connectivity index (χ4n) is 1.80. The number of rotatable bonds is 4. The van der Waals surface area contributed by atoms with Crippen LogP contribution < -0.4 is 9.46 Å². The number of ether oxygens (including phenoxy) is 1. The fourth-order valence-corrected chi connectivity index (χ4v) is 3.28. The van der Waals surface area contributed by atoms with E-state index < -0.39 is 10.0 Å². The number of aromatic nitrogens is 3. The first-order valence-electron chi connectivity index (χ1n) is 5.10. The molecule has 0 aromatic carbocycles. The van der Waals surface area contributed by atoms with E-state index in [1.54, 1.807) is 0 Å². The molecule has 0 radical (unpaired) electrons. The highest BCUT2D eigenvalue weighted by molar-refractivity contribution is 7.93. The van der Waals surface area contributed by atoms with Crippen molar-refractivity contribution in [1.29, 1.82) is 0 Å². The third-order valence-corrected chi connectivity index (χ3v) is 4.45. The Hall–Kier alpha value is -1.31. The van der Waals surface area contributed by atoms with Crippen LogP contribution in [-0.2, 0) is 10.0 Å². The van der Waals surface area contributed by atoms with Gasteiger partial charge in [0.25, 0.3) is 0 Å². The van der Waals surface area contributed by atoms with Crippen LogP contribution >= 0.6 is 0 Å². The molecular formula is C8H14N4O3S. The fraction of sp³-hybridized carbons (Fsp3) is 0.750. The van der Waals surface area contributed by atoms with Crippen molar-refractivity contribution in [1.82, 2.24) is 15.2 Å². The average molecular weight is 246 g/mol. The predicted molar refractivity (Wildman–Crippen MR) is 57.7 cm³/mol. The van der Waals surface area contributed by atoms with Crippen LogP contribution in [0.4, 0.5) is 5.95 Å². The molecular weight excluding hydrogens is 232 g/mol. The van der Waals surface area contributed by atoms with E-state index in [4.69, 9.17) is 4.74 Å². The maximum atomic E-state index is 11.9. The summed E-state index contributed by atoms with van der Waals surface area (Å²) >= 11 is 0. The summed E-state index contributed by atoms with van der Waals surface area (Å²) in [5.74, 6) is 0.101. The molecule has 0 aliphatic heterocycles. The number of nitrogens with one attached hydrogen (secondary N) is 2. The number of aromatic amines is 1. The normalized spacial score (nSPS) is 17.6. The van der Waals surface area contributed by atoms with E-state index in [0.29, 0.717) is 12.8 Å². The summed E-state index contributed by atoms with van der Waals surface area (Å²) in [6, 6.07) is 0.115. The highest BCUT2D eigenvalue weighted by Crippen LogP contribution is 2.25. The van der Waals surface area contributed by atoms with Crippen molar-refractivity contribution in [2.75, 3.05) is 11.8 Å². The first-order valence-corrected chi connectivity index (χ1v) is 6.64. The summed E-state index contributed by atoms with van der Waals surface area (Å²) in [7, 11) is -1.93. The van der Waals surface area contributed by atoms with Crippen molar-refractivity contribution in [3.05, 3.63) is 0 Å². The van der Waals surface area contributed by atoms with Crippen molar-refractivity contribution < 1.29 is 13.2 Å². The molecule has 0 saturated heterocycles. The maximum absolute atomic E-state index is 11.9. The molecule has 1 heterocycles. The minimum atomic E-state index is -3.35. The van der Waals surface area contributed by atoms with Gasteiger partial charge < -0.3 is 4.74 Å². The van der Waals surface area contributed by atoms with Crippen molar-refractivity contribution in [2.45, 2.75) is 30.9 Å². The van der Waals surface area contributed by atoms with E-state index in [9.17, 15) is 8.42 Å². The van der Waals surface area contributed by atoms with Crippen molar-refractivity contribution in [3.8, 4) is 6.01 Å². The lowest BCUT2D eigenvalue weighted by Gasteiger charge is -2.10. The monoisotopic (exact) mass is 246 g/mol. The van der Waals surface area contributed by atoms with Crippen LogP contribution in [0.1, 0.15) is 25.7 Å². The lowest BCUT2D eigenvalue weighted by atomic mass is 10.4. The molecule has 2 N–H and O–H groups in total. The van der Waals surface area contributed by atoms with Gasteiger partial charge in [0.05, 0.1) is 12.4 Å². The first-order chi connectivity index (χ1) is 7.62. The van der Waals surface area contributed by atoms with Gasteiger partial charge in [0.15, 0.2) is 0 Å². The Balaban J connectivity index is 2.08. The quantitative estimate of drug-likeness (QED) is 0.806. The van der Waals surface area contributed by atoms with Crippen LogP contribution in [-0.4, -0.2) is 36.0 Å². The third kappa shape index (κ3) is 2.26. The van der Waals surface area contributed by atoms with Gasteiger partial charge in [0.1, 0.15) is 0 Å². The summed E-state index contributed by atoms with van der Waals surface area (Å²) in [6.07, 6.45) is 3.35. The van der Waals surface area contributed by atoms with E-state index in [0.717, 1.165) is 12.8 Å². The Kier molecular flexibility index (Phi) is 2.99. The Bertz CT molecular complexity index is 450. The summed E-state index contributed by atoms with van der Waals surface area (Å²) in [5, 5.41) is 5.80. The molecule has 1 aliphatic carbocycles. The smallest absolute Gasteiger partial charge is 0.336 e. The Labute approximate surface area is 93.7 Å². The summed E-state index contributed by atoms with van der Waals surface area (Å²) < 4.78 is 30.8. The zero-order chi connectivity index (χ0) is 11.6. The van der Waals surface area contributed by atoms with Gasteiger partial charge in [-0.05, 0) is 12.8 Å². The van der Waals surface area contributed by atoms with Gasteiger partial charge in [-0.2, -0.15) is 4.98 Å². The predicted octanol–water partition coefficient (Wildman–Crippen LogP) is 0.498. The van der Waals surface area contributed by atoms with Gasteiger partial charge in [-0.3, -0.25) is 4.72 Å². The molecule has 0 spiro atoms. The van der Waals surface area contributed by atoms with Gasteiger partial charge in [-0.15, -0.1) is 5.10 Å². The van der Waals surface area contributed by atoms with Crippen molar-refractivity contribution in [3.63, 3.8) is 0 Å². The van der Waals surface area contributed by atoms with Gasteiger partial charge in [0.2, 0.25) is 16.0 Å². The van der Waals surface area contributed by atoms with Crippen LogP contribution in [0.15, 0.2) is 0 Å². The number of hydrogen-bond donors (Lipinski definition) is 2. The first kappa shape index (κ1) is 11.2. The molecule has 1 aromatic heterocycles. The van der Waals surface area contributed by atoms with Gasteiger partial charge in [-0.25, -0.2) is 13.5 Å². The largest absolute Gasteiger partial charge is 0.466 e. The number of H-pyrrole nitrogens is 1. The SMILES string of the molecule is COc1n[nH]c(NS(=O)(=O)C2CCCC2)n1. The number of nitrogens with zero attached hydrogens (tertiary/aromatic N) is 2. The summed E-state index contributed by atoms with van der Waals surface area (Å²) in [4.78, 5) is 3.81. The van der Waals surface area contributed by atoms with E-state index in [2.05, 4.69) is 19.9 Å². The Morgan fingerprint density at radius 1 is 1.44 bits per heavy atom. The van der Waals surface area contributed by atoms with E-state index in [-0.39, 0.29) is 17.2 Å². The molecule has 16 heavy (non-hydrogen) atoms. The van der Waals surface area contributed by atoms with E-state index in [1.165, 1.54) is 7.11 Å². The van der Waals surface area contributed by atoms with Crippen LogP contribution in [0.2, 0.25) is 0 Å². The molecule has 1 aliphatic rings. The molecule has 0 amide bonds. The summed E-state index contributed by atoms with van der Waals surface area (Å²) in [5.41, 5.74) is 0. The number of anilines is 1. The van der Waals surface area contributed by atoms with Crippen LogP contribution in [0.3, 0.4) is 0 Å². The summed E-state index contributed by atoms with van der Waals surface area (Å²) in [6.45, 7) is 0. The molecule has 0 atom stereocenters. The topological polar surface area (TPSA) is 97.0 Å². The Morgan fingerprint density at radius 3 is 2.69 bits per heavy atom. The number of sulfonamides is 1. The lowest BCUT2D eigenvalue weighted by molar-refractivity contribution is 0.382. The zero-order valence-electron chi connectivity index (χ0n) is 8.93. The number of hydrogen-bond acceptors (Lipinski definition) is 5. The van der Waals surface area contributed by atoms with Crippen LogP contribution in [0.25, 0.3) is 0 Å². The molecule has 8 heteroatoms. The van der Waals surface area contributed by atoms with Gasteiger partial charge in [-0.1, -0.05) is 12.8 Å². The average Bonchev–Trinajstić information content (AvgIpc) is 2.86. The van der Waals surface area contributed by atoms with Crippen LogP contribution in [0, 0.1) is 0 Å². The minimum Gasteiger partial charge on any atom is -0.466 e. The van der Waals surface area contributed by atoms with Crippen molar-refractivity contribution in [2.24, 2.45) is 0 Å². The maximum Gasteiger partial charge on any atom is 0.336 e. The second-order valence-electron chi connectivity index (χ2n) is 3.72. The number of methoxy groups -OCH3 is 1.